The molecule has 2 aromatic carbocycles. The Morgan fingerprint density at radius 2 is 1.79 bits per heavy atom. The van der Waals surface area contributed by atoms with Crippen LogP contribution in [0.25, 0.3) is 5.69 Å². The van der Waals surface area contributed by atoms with E-state index in [0.717, 1.165) is 16.8 Å². The predicted octanol–water partition coefficient (Wildman–Crippen LogP) is 2.67. The molecule has 29 heavy (non-hydrogen) atoms. The Bertz CT molecular complexity index is 1010. The number of aromatic nitrogens is 2. The van der Waals surface area contributed by atoms with Gasteiger partial charge in [-0.15, -0.1) is 0 Å². The first-order chi connectivity index (χ1) is 14.2. The summed E-state index contributed by atoms with van der Waals surface area (Å²) in [7, 11) is 0. The average molecular weight is 387 g/mol. The molecule has 0 atom stereocenters. The highest BCUT2D eigenvalue weighted by Crippen LogP contribution is 2.14. The fourth-order valence-corrected chi connectivity index (χ4v) is 3.13. The fourth-order valence-electron chi connectivity index (χ4n) is 3.13. The molecule has 2 amide bonds. The molecule has 0 unspecified atom stereocenters. The smallest absolute Gasteiger partial charge is 0.267 e. The Kier molecular flexibility index (Phi) is 5.47. The van der Waals surface area contributed by atoms with Crippen molar-refractivity contribution in [2.75, 3.05) is 0 Å². The first-order valence-electron chi connectivity index (χ1n) is 9.46. The zero-order valence-electron chi connectivity index (χ0n) is 15.9. The number of carbonyl (C=O) groups excluding carboxylic acids is 2. The van der Waals surface area contributed by atoms with E-state index in [1.807, 2.05) is 65.4 Å². The van der Waals surface area contributed by atoms with Crippen LogP contribution in [0.2, 0.25) is 0 Å². The summed E-state index contributed by atoms with van der Waals surface area (Å²) in [5.74, 6) is -0.310. The van der Waals surface area contributed by atoms with Crippen LogP contribution in [-0.4, -0.2) is 32.1 Å². The number of nitrogens with one attached hydrogen (secondary N) is 1. The van der Waals surface area contributed by atoms with Gasteiger partial charge in [0.1, 0.15) is 5.71 Å². The molecule has 2 heterocycles. The zero-order valence-corrected chi connectivity index (χ0v) is 15.9. The minimum atomic E-state index is -0.241. The minimum absolute atomic E-state index is 0.0690. The van der Waals surface area contributed by atoms with Crippen molar-refractivity contribution in [1.82, 2.24) is 19.9 Å². The van der Waals surface area contributed by atoms with Gasteiger partial charge in [-0.1, -0.05) is 42.5 Å². The second kappa shape index (κ2) is 8.52. The number of carbonyl (C=O) groups is 2. The van der Waals surface area contributed by atoms with Crippen LogP contribution in [-0.2, 0) is 22.7 Å². The summed E-state index contributed by atoms with van der Waals surface area (Å²) in [6.45, 7) is 0.765. The number of nitrogens with zero attached hydrogens (tertiary/aromatic N) is 4. The van der Waals surface area contributed by atoms with Gasteiger partial charge in [0.05, 0.1) is 12.9 Å². The van der Waals surface area contributed by atoms with Crippen LogP contribution in [0.1, 0.15) is 24.0 Å². The fraction of sp³-hybridized carbons (Fsp3) is 0.182. The van der Waals surface area contributed by atoms with Crippen molar-refractivity contribution in [3.05, 3.63) is 84.4 Å². The molecule has 1 aromatic heterocycles. The lowest BCUT2D eigenvalue weighted by Crippen LogP contribution is -2.38. The lowest BCUT2D eigenvalue weighted by Gasteiger charge is -2.23. The van der Waals surface area contributed by atoms with Crippen molar-refractivity contribution in [3.63, 3.8) is 0 Å². The van der Waals surface area contributed by atoms with E-state index in [4.69, 9.17) is 0 Å². The van der Waals surface area contributed by atoms with E-state index in [1.165, 1.54) is 5.01 Å². The normalized spacial score (nSPS) is 13.9. The molecular formula is C22H21N5O2. The molecule has 0 aliphatic carbocycles. The number of hydrazone groups is 1. The lowest BCUT2D eigenvalue weighted by atomic mass is 10.1. The number of benzene rings is 2. The number of hydrogen-bond donors (Lipinski definition) is 1. The largest absolute Gasteiger partial charge is 0.347 e. The topological polar surface area (TPSA) is 79.6 Å². The van der Waals surface area contributed by atoms with Crippen LogP contribution >= 0.6 is 0 Å². The second-order valence-electron chi connectivity index (χ2n) is 6.80. The van der Waals surface area contributed by atoms with Crippen molar-refractivity contribution < 1.29 is 9.59 Å². The second-order valence-corrected chi connectivity index (χ2v) is 6.80. The Labute approximate surface area is 168 Å². The Morgan fingerprint density at radius 3 is 2.52 bits per heavy atom. The third-order valence-electron chi connectivity index (χ3n) is 4.73. The summed E-state index contributed by atoms with van der Waals surface area (Å²) in [6.07, 6.45) is 5.99. The highest BCUT2D eigenvalue weighted by molar-refractivity contribution is 6.39. The maximum Gasteiger partial charge on any atom is 0.267 e. The van der Waals surface area contributed by atoms with Crippen molar-refractivity contribution in [2.24, 2.45) is 5.10 Å². The van der Waals surface area contributed by atoms with Crippen LogP contribution in [0.15, 0.2) is 78.4 Å². The molecule has 3 aromatic rings. The van der Waals surface area contributed by atoms with Crippen LogP contribution in [0.5, 0.6) is 0 Å². The van der Waals surface area contributed by atoms with Crippen molar-refractivity contribution in [3.8, 4) is 5.69 Å². The van der Waals surface area contributed by atoms with E-state index in [0.29, 0.717) is 31.6 Å². The Hall–Kier alpha value is -3.74. The molecule has 0 spiro atoms. The van der Waals surface area contributed by atoms with Gasteiger partial charge >= 0.3 is 0 Å². The van der Waals surface area contributed by atoms with E-state index in [-0.39, 0.29) is 11.8 Å². The first-order valence-corrected chi connectivity index (χ1v) is 9.46. The van der Waals surface area contributed by atoms with E-state index in [9.17, 15) is 9.59 Å². The Balaban J connectivity index is 1.37. The van der Waals surface area contributed by atoms with Gasteiger partial charge in [-0.3, -0.25) is 9.59 Å². The van der Waals surface area contributed by atoms with Crippen LogP contribution < -0.4 is 5.32 Å². The number of amides is 2. The third-order valence-corrected chi connectivity index (χ3v) is 4.73. The van der Waals surface area contributed by atoms with Gasteiger partial charge in [0, 0.05) is 37.5 Å². The van der Waals surface area contributed by atoms with E-state index < -0.39 is 0 Å². The molecule has 7 heteroatoms. The maximum atomic E-state index is 12.5. The van der Waals surface area contributed by atoms with Crippen molar-refractivity contribution in [2.45, 2.75) is 25.9 Å². The van der Waals surface area contributed by atoms with Crippen molar-refractivity contribution >= 4 is 17.5 Å². The van der Waals surface area contributed by atoms with Gasteiger partial charge in [0.15, 0.2) is 0 Å². The lowest BCUT2D eigenvalue weighted by molar-refractivity contribution is -0.132. The summed E-state index contributed by atoms with van der Waals surface area (Å²) in [5, 5.41) is 8.57. The molecule has 146 valence electrons. The number of imidazole rings is 1. The van der Waals surface area contributed by atoms with Gasteiger partial charge < -0.3 is 9.88 Å². The van der Waals surface area contributed by atoms with Crippen LogP contribution in [0.4, 0.5) is 0 Å². The zero-order chi connectivity index (χ0) is 20.1. The molecule has 0 radical (unpaired) electrons. The number of hydrogen-bond acceptors (Lipinski definition) is 4. The third kappa shape index (κ3) is 4.57. The maximum absolute atomic E-state index is 12.5. The van der Waals surface area contributed by atoms with E-state index >= 15 is 0 Å². The summed E-state index contributed by atoms with van der Waals surface area (Å²) in [5.41, 5.74) is 3.35. The number of rotatable bonds is 6. The molecule has 0 fully saturated rings. The molecule has 0 bridgehead atoms. The SMILES string of the molecule is O=C(NCc1ccc(-n2ccnc2)cc1)C1=NN(Cc2ccccc2)C(=O)CC1. The monoisotopic (exact) mass is 387 g/mol. The van der Waals surface area contributed by atoms with Gasteiger partial charge in [-0.25, -0.2) is 9.99 Å². The summed E-state index contributed by atoms with van der Waals surface area (Å²) < 4.78 is 1.91. The summed E-state index contributed by atoms with van der Waals surface area (Å²) in [6, 6.07) is 17.5. The highest BCUT2D eigenvalue weighted by Gasteiger charge is 2.24. The highest BCUT2D eigenvalue weighted by atomic mass is 16.2. The van der Waals surface area contributed by atoms with Gasteiger partial charge in [-0.05, 0) is 23.3 Å². The van der Waals surface area contributed by atoms with Gasteiger partial charge in [0.2, 0.25) is 5.91 Å². The predicted molar refractivity (Wildman–Crippen MR) is 109 cm³/mol. The van der Waals surface area contributed by atoms with E-state index in [1.54, 1.807) is 12.5 Å². The van der Waals surface area contributed by atoms with Gasteiger partial charge in [0.25, 0.3) is 5.91 Å². The quantitative estimate of drug-likeness (QED) is 0.706. The molecule has 4 rings (SSSR count). The van der Waals surface area contributed by atoms with Crippen LogP contribution in [0, 0.1) is 0 Å². The molecule has 7 nitrogen and oxygen atoms in total. The first kappa shape index (κ1) is 18.6. The minimum Gasteiger partial charge on any atom is -0.347 e. The molecular weight excluding hydrogens is 366 g/mol. The van der Waals surface area contributed by atoms with Gasteiger partial charge in [-0.2, -0.15) is 5.10 Å². The summed E-state index contributed by atoms with van der Waals surface area (Å²) in [4.78, 5) is 28.7. The molecule has 0 saturated carbocycles. The van der Waals surface area contributed by atoms with Crippen LogP contribution in [0.3, 0.4) is 0 Å². The average Bonchev–Trinajstić information content (AvgIpc) is 3.30. The van der Waals surface area contributed by atoms with Crippen molar-refractivity contribution in [1.29, 1.82) is 0 Å². The standard InChI is InChI=1S/C22H21N5O2/c28-21-11-10-20(25-27(21)15-18-4-2-1-3-5-18)22(29)24-14-17-6-8-19(9-7-17)26-13-12-23-16-26/h1-9,12-13,16H,10-11,14-15H2,(H,24,29). The van der Waals surface area contributed by atoms with E-state index in [2.05, 4.69) is 15.4 Å². The Morgan fingerprint density at radius 1 is 1.00 bits per heavy atom. The molecule has 1 aliphatic heterocycles. The molecule has 0 saturated heterocycles. The molecule has 1 aliphatic rings. The summed E-state index contributed by atoms with van der Waals surface area (Å²) >= 11 is 0. The molecule has 1 N–H and O–H groups in total.